The van der Waals surface area contributed by atoms with Crippen LogP contribution >= 0.6 is 22.9 Å². The molecule has 2 heterocycles. The highest BCUT2D eigenvalue weighted by atomic mass is 35.5. The summed E-state index contributed by atoms with van der Waals surface area (Å²) < 4.78 is 2.58. The molecule has 0 aliphatic rings. The van der Waals surface area contributed by atoms with Crippen molar-refractivity contribution in [2.75, 3.05) is 5.32 Å². The zero-order valence-corrected chi connectivity index (χ0v) is 15.6. The van der Waals surface area contributed by atoms with E-state index < -0.39 is 0 Å². The Balaban J connectivity index is 1.62. The second-order valence-corrected chi connectivity index (χ2v) is 7.36. The molecule has 130 valence electrons. The zero-order valence-electron chi connectivity index (χ0n) is 14.0. The monoisotopic (exact) mass is 383 g/mol. The first-order valence-corrected chi connectivity index (χ1v) is 9.08. The van der Waals surface area contributed by atoms with Gasteiger partial charge in [0.2, 0.25) is 5.82 Å². The predicted octanol–water partition coefficient (Wildman–Crippen LogP) is 4.40. The predicted molar refractivity (Wildman–Crippen MR) is 103 cm³/mol. The van der Waals surface area contributed by atoms with Crippen LogP contribution in [0.3, 0.4) is 0 Å². The summed E-state index contributed by atoms with van der Waals surface area (Å²) in [5, 5.41) is 8.66. The van der Waals surface area contributed by atoms with Gasteiger partial charge in [0.1, 0.15) is 5.82 Å². The average molecular weight is 384 g/mol. The van der Waals surface area contributed by atoms with Crippen molar-refractivity contribution in [1.82, 2.24) is 19.7 Å². The van der Waals surface area contributed by atoms with E-state index in [4.69, 9.17) is 11.6 Å². The molecule has 6 nitrogen and oxygen atoms in total. The van der Waals surface area contributed by atoms with Gasteiger partial charge in [0.05, 0.1) is 25.9 Å². The first-order chi connectivity index (χ1) is 12.5. The van der Waals surface area contributed by atoms with Gasteiger partial charge >= 0.3 is 0 Å². The third-order valence-corrected chi connectivity index (χ3v) is 5.06. The SMILES string of the molecule is Cc1nc2ccc(NC(=O)c3nc(C)n(-c4ccccc4Cl)n3)cc2s1. The Hall–Kier alpha value is -2.77. The van der Waals surface area contributed by atoms with Crippen molar-refractivity contribution in [1.29, 1.82) is 0 Å². The van der Waals surface area contributed by atoms with Crippen LogP contribution in [0.15, 0.2) is 42.5 Å². The summed E-state index contributed by atoms with van der Waals surface area (Å²) in [6, 6.07) is 12.9. The number of hydrogen-bond acceptors (Lipinski definition) is 5. The maximum Gasteiger partial charge on any atom is 0.295 e. The van der Waals surface area contributed by atoms with Gasteiger partial charge in [0, 0.05) is 5.69 Å². The molecule has 0 spiro atoms. The number of halogens is 1. The Labute approximate surface area is 158 Å². The number of aromatic nitrogens is 4. The first kappa shape index (κ1) is 16.7. The molecular weight excluding hydrogens is 370 g/mol. The molecule has 4 aromatic rings. The molecule has 0 bridgehead atoms. The van der Waals surface area contributed by atoms with Crippen LogP contribution in [0, 0.1) is 13.8 Å². The Bertz CT molecular complexity index is 1130. The number of carbonyl (C=O) groups is 1. The maximum atomic E-state index is 12.5. The zero-order chi connectivity index (χ0) is 18.3. The molecule has 2 aromatic carbocycles. The van der Waals surface area contributed by atoms with Crippen LogP contribution in [-0.4, -0.2) is 25.7 Å². The van der Waals surface area contributed by atoms with Crippen molar-refractivity contribution < 1.29 is 4.79 Å². The molecule has 0 unspecified atom stereocenters. The normalized spacial score (nSPS) is 11.0. The van der Waals surface area contributed by atoms with E-state index in [1.54, 1.807) is 29.0 Å². The second-order valence-electron chi connectivity index (χ2n) is 5.72. The van der Waals surface area contributed by atoms with Crippen molar-refractivity contribution in [3.05, 3.63) is 64.1 Å². The quantitative estimate of drug-likeness (QED) is 0.569. The van der Waals surface area contributed by atoms with Gasteiger partial charge in [0.15, 0.2) is 0 Å². The van der Waals surface area contributed by atoms with Crippen molar-refractivity contribution in [3.8, 4) is 5.69 Å². The molecular formula is C18H14ClN5OS. The van der Waals surface area contributed by atoms with Crippen LogP contribution in [0.25, 0.3) is 15.9 Å². The van der Waals surface area contributed by atoms with Gasteiger partial charge in [-0.15, -0.1) is 16.4 Å². The molecule has 1 N–H and O–H groups in total. The van der Waals surface area contributed by atoms with E-state index in [1.165, 1.54) is 0 Å². The van der Waals surface area contributed by atoms with Crippen LogP contribution in [0.2, 0.25) is 5.02 Å². The fraction of sp³-hybridized carbons (Fsp3) is 0.111. The molecule has 0 fully saturated rings. The van der Waals surface area contributed by atoms with Crippen molar-refractivity contribution in [2.45, 2.75) is 13.8 Å². The lowest BCUT2D eigenvalue weighted by Crippen LogP contribution is -2.14. The van der Waals surface area contributed by atoms with Gasteiger partial charge in [-0.25, -0.2) is 14.6 Å². The number of aryl methyl sites for hydroxylation is 2. The number of para-hydroxylation sites is 1. The lowest BCUT2D eigenvalue weighted by Gasteiger charge is -2.04. The summed E-state index contributed by atoms with van der Waals surface area (Å²) in [6.45, 7) is 3.73. The lowest BCUT2D eigenvalue weighted by molar-refractivity contribution is 0.101. The molecule has 0 saturated heterocycles. The summed E-state index contributed by atoms with van der Waals surface area (Å²) in [5.74, 6) is 0.291. The average Bonchev–Trinajstić information content (AvgIpc) is 3.17. The summed E-state index contributed by atoms with van der Waals surface area (Å²) in [5.41, 5.74) is 2.28. The van der Waals surface area contributed by atoms with E-state index in [9.17, 15) is 4.79 Å². The summed E-state index contributed by atoms with van der Waals surface area (Å²) in [6.07, 6.45) is 0. The Kier molecular flexibility index (Phi) is 4.18. The van der Waals surface area contributed by atoms with Crippen molar-refractivity contribution in [2.24, 2.45) is 0 Å². The minimum Gasteiger partial charge on any atom is -0.319 e. The van der Waals surface area contributed by atoms with Crippen molar-refractivity contribution >= 4 is 44.7 Å². The maximum absolute atomic E-state index is 12.5. The minimum atomic E-state index is -0.375. The number of nitrogens with one attached hydrogen (secondary N) is 1. The van der Waals surface area contributed by atoms with E-state index in [1.807, 2.05) is 43.3 Å². The Morgan fingerprint density at radius 1 is 1.15 bits per heavy atom. The molecule has 8 heteroatoms. The summed E-state index contributed by atoms with van der Waals surface area (Å²) in [7, 11) is 0. The van der Waals surface area contributed by atoms with Crippen LogP contribution < -0.4 is 5.32 Å². The molecule has 2 aromatic heterocycles. The summed E-state index contributed by atoms with van der Waals surface area (Å²) >= 11 is 7.80. The highest BCUT2D eigenvalue weighted by molar-refractivity contribution is 7.18. The van der Waals surface area contributed by atoms with Crippen molar-refractivity contribution in [3.63, 3.8) is 0 Å². The largest absolute Gasteiger partial charge is 0.319 e. The van der Waals surface area contributed by atoms with E-state index in [2.05, 4.69) is 20.4 Å². The fourth-order valence-electron chi connectivity index (χ4n) is 2.64. The smallest absolute Gasteiger partial charge is 0.295 e. The van der Waals surface area contributed by atoms with Gasteiger partial charge < -0.3 is 5.32 Å². The first-order valence-electron chi connectivity index (χ1n) is 7.88. The summed E-state index contributed by atoms with van der Waals surface area (Å²) in [4.78, 5) is 21.2. The van der Waals surface area contributed by atoms with Crippen LogP contribution in [0.5, 0.6) is 0 Å². The van der Waals surface area contributed by atoms with Gasteiger partial charge in [-0.1, -0.05) is 23.7 Å². The Morgan fingerprint density at radius 3 is 2.77 bits per heavy atom. The van der Waals surface area contributed by atoms with E-state index in [-0.39, 0.29) is 11.7 Å². The number of carbonyl (C=O) groups excluding carboxylic acids is 1. The highest BCUT2D eigenvalue weighted by Crippen LogP contribution is 2.25. The van der Waals surface area contributed by atoms with Gasteiger partial charge in [-0.2, -0.15) is 0 Å². The van der Waals surface area contributed by atoms with E-state index in [0.29, 0.717) is 22.2 Å². The topological polar surface area (TPSA) is 72.7 Å². The van der Waals surface area contributed by atoms with Gasteiger partial charge in [-0.3, -0.25) is 4.79 Å². The van der Waals surface area contributed by atoms with E-state index >= 15 is 0 Å². The number of amides is 1. The second kappa shape index (κ2) is 6.51. The number of rotatable bonds is 3. The van der Waals surface area contributed by atoms with Crippen LogP contribution in [0.1, 0.15) is 21.5 Å². The number of thiazole rings is 1. The molecule has 26 heavy (non-hydrogen) atoms. The molecule has 1 amide bonds. The number of anilines is 1. The molecule has 0 saturated carbocycles. The fourth-order valence-corrected chi connectivity index (χ4v) is 3.72. The van der Waals surface area contributed by atoms with Gasteiger partial charge in [0.25, 0.3) is 5.91 Å². The number of hydrogen-bond donors (Lipinski definition) is 1. The molecule has 0 aliphatic heterocycles. The number of fused-ring (bicyclic) bond motifs is 1. The minimum absolute atomic E-state index is 0.0861. The third kappa shape index (κ3) is 3.07. The molecule has 0 radical (unpaired) electrons. The molecule has 0 atom stereocenters. The highest BCUT2D eigenvalue weighted by Gasteiger charge is 2.17. The lowest BCUT2D eigenvalue weighted by atomic mass is 10.3. The standard InChI is InChI=1S/C18H14ClN5OS/c1-10-20-17(23-24(10)15-6-4-3-5-13(15)19)18(25)22-12-7-8-14-16(9-12)26-11(2)21-14/h3-9H,1-2H3,(H,22,25). The Morgan fingerprint density at radius 2 is 1.96 bits per heavy atom. The number of nitrogens with zero attached hydrogens (tertiary/aromatic N) is 4. The third-order valence-electron chi connectivity index (χ3n) is 3.81. The molecule has 0 aliphatic carbocycles. The van der Waals surface area contributed by atoms with Crippen LogP contribution in [0.4, 0.5) is 5.69 Å². The van der Waals surface area contributed by atoms with E-state index in [0.717, 1.165) is 15.2 Å². The van der Waals surface area contributed by atoms with Crippen LogP contribution in [-0.2, 0) is 0 Å². The van der Waals surface area contributed by atoms with Gasteiger partial charge in [-0.05, 0) is 44.2 Å². The molecule has 4 rings (SSSR count). The number of benzene rings is 2.